The molecular formula is C16H22FIN4O. The third kappa shape index (κ3) is 6.17. The molecule has 0 saturated carbocycles. The van der Waals surface area contributed by atoms with Gasteiger partial charge in [0.1, 0.15) is 12.1 Å². The monoisotopic (exact) mass is 432 g/mol. The van der Waals surface area contributed by atoms with Crippen molar-refractivity contribution < 1.29 is 8.81 Å². The Morgan fingerprint density at radius 1 is 1.30 bits per heavy atom. The van der Waals surface area contributed by atoms with Crippen LogP contribution in [0.3, 0.4) is 0 Å². The van der Waals surface area contributed by atoms with Gasteiger partial charge in [0.15, 0.2) is 5.96 Å². The molecule has 0 bridgehead atoms. The van der Waals surface area contributed by atoms with Gasteiger partial charge in [-0.1, -0.05) is 0 Å². The molecule has 0 fully saturated rings. The molecule has 23 heavy (non-hydrogen) atoms. The molecule has 0 aliphatic rings. The molecule has 1 heterocycles. The molecule has 0 aliphatic heterocycles. The molecule has 0 spiro atoms. The predicted octanol–water partition coefficient (Wildman–Crippen LogP) is 3.21. The average Bonchev–Trinajstić information content (AvgIpc) is 2.95. The summed E-state index contributed by atoms with van der Waals surface area (Å²) < 4.78 is 18.3. The number of aromatic nitrogens is 1. The first-order chi connectivity index (χ1) is 10.6. The molecule has 2 rings (SSSR count). The molecule has 7 heteroatoms. The van der Waals surface area contributed by atoms with Crippen molar-refractivity contribution in [2.45, 2.75) is 26.3 Å². The molecule has 126 valence electrons. The highest BCUT2D eigenvalue weighted by Crippen LogP contribution is 2.18. The lowest BCUT2D eigenvalue weighted by Gasteiger charge is -2.13. The lowest BCUT2D eigenvalue weighted by molar-refractivity contribution is 0.571. The van der Waals surface area contributed by atoms with Crippen molar-refractivity contribution in [3.05, 3.63) is 42.0 Å². The van der Waals surface area contributed by atoms with E-state index < -0.39 is 0 Å². The molecule has 1 aromatic carbocycles. The van der Waals surface area contributed by atoms with Gasteiger partial charge >= 0.3 is 0 Å². The first kappa shape index (κ1) is 19.4. The Labute approximate surface area is 152 Å². The van der Waals surface area contributed by atoms with Gasteiger partial charge in [0.2, 0.25) is 5.89 Å². The van der Waals surface area contributed by atoms with E-state index in [1.54, 1.807) is 25.4 Å². The number of oxazole rings is 1. The molecule has 2 N–H and O–H groups in total. The normalized spacial score (nSPS) is 11.3. The molecule has 0 atom stereocenters. The van der Waals surface area contributed by atoms with E-state index in [1.165, 1.54) is 12.1 Å². The summed E-state index contributed by atoms with van der Waals surface area (Å²) in [5.41, 5.74) is 1.60. The first-order valence-corrected chi connectivity index (χ1v) is 7.26. The van der Waals surface area contributed by atoms with E-state index in [9.17, 15) is 4.39 Å². The Kier molecular flexibility index (Phi) is 8.01. The number of hydrogen-bond acceptors (Lipinski definition) is 3. The third-order valence-electron chi connectivity index (χ3n) is 2.97. The number of nitrogens with one attached hydrogen (secondary N) is 2. The third-order valence-corrected chi connectivity index (χ3v) is 2.97. The van der Waals surface area contributed by atoms with Crippen LogP contribution in [0.5, 0.6) is 0 Å². The minimum absolute atomic E-state index is 0. The van der Waals surface area contributed by atoms with Crippen molar-refractivity contribution in [1.82, 2.24) is 15.6 Å². The summed E-state index contributed by atoms with van der Waals surface area (Å²) >= 11 is 0. The average molecular weight is 432 g/mol. The number of nitrogens with zero attached hydrogens (tertiary/aromatic N) is 2. The molecule has 5 nitrogen and oxygen atoms in total. The van der Waals surface area contributed by atoms with Gasteiger partial charge in [0.05, 0.1) is 5.69 Å². The Balaban J connectivity index is 0.00000264. The van der Waals surface area contributed by atoms with Crippen LogP contribution < -0.4 is 10.6 Å². The molecule has 2 aromatic rings. The fourth-order valence-electron chi connectivity index (χ4n) is 1.92. The summed E-state index contributed by atoms with van der Waals surface area (Å²) in [5.74, 6) is 0.987. The largest absolute Gasteiger partial charge is 0.444 e. The summed E-state index contributed by atoms with van der Waals surface area (Å²) in [5, 5.41) is 6.43. The number of guanidine groups is 1. The maximum atomic E-state index is 12.9. The van der Waals surface area contributed by atoms with E-state index in [0.29, 0.717) is 24.9 Å². The zero-order valence-electron chi connectivity index (χ0n) is 13.5. The summed E-state index contributed by atoms with van der Waals surface area (Å²) in [6.45, 7) is 4.81. The van der Waals surface area contributed by atoms with E-state index in [4.69, 9.17) is 4.42 Å². The summed E-state index contributed by atoms with van der Waals surface area (Å²) in [4.78, 5) is 8.54. The van der Waals surface area contributed by atoms with E-state index in [-0.39, 0.29) is 29.8 Å². The molecule has 0 aliphatic carbocycles. The van der Waals surface area contributed by atoms with Gasteiger partial charge in [-0.05, 0) is 38.1 Å². The Bertz CT molecular complexity index is 625. The SMILES string of the molecule is CN=C(NCCc1coc(-c2ccc(F)cc2)n1)NC(C)C.I. The van der Waals surface area contributed by atoms with Crippen molar-refractivity contribution in [2.24, 2.45) is 4.99 Å². The number of benzene rings is 1. The van der Waals surface area contributed by atoms with Crippen LogP contribution in [0.15, 0.2) is 39.9 Å². The van der Waals surface area contributed by atoms with Crippen LogP contribution in [0.1, 0.15) is 19.5 Å². The zero-order valence-corrected chi connectivity index (χ0v) is 15.8. The standard InChI is InChI=1S/C16H21FN4O.HI/c1-11(2)20-16(18-3)19-9-8-14-10-22-15(21-14)12-4-6-13(17)7-5-12;/h4-7,10-11H,8-9H2,1-3H3,(H2,18,19,20);1H. The highest BCUT2D eigenvalue weighted by Gasteiger charge is 2.07. The van der Waals surface area contributed by atoms with Crippen LogP contribution in [-0.2, 0) is 6.42 Å². The fourth-order valence-corrected chi connectivity index (χ4v) is 1.92. The van der Waals surface area contributed by atoms with Crippen LogP contribution in [0.25, 0.3) is 11.5 Å². The maximum Gasteiger partial charge on any atom is 0.226 e. The highest BCUT2D eigenvalue weighted by atomic mass is 127. The van der Waals surface area contributed by atoms with Crippen molar-refractivity contribution in [3.8, 4) is 11.5 Å². The van der Waals surface area contributed by atoms with Crippen molar-refractivity contribution in [2.75, 3.05) is 13.6 Å². The second kappa shape index (κ2) is 9.49. The van der Waals surface area contributed by atoms with Gasteiger partial charge in [0.25, 0.3) is 0 Å². The second-order valence-corrected chi connectivity index (χ2v) is 5.20. The number of hydrogen-bond donors (Lipinski definition) is 2. The van der Waals surface area contributed by atoms with Gasteiger partial charge < -0.3 is 15.1 Å². The van der Waals surface area contributed by atoms with Gasteiger partial charge in [-0.3, -0.25) is 4.99 Å². The van der Waals surface area contributed by atoms with Crippen LogP contribution in [0.2, 0.25) is 0 Å². The molecule has 1 aromatic heterocycles. The zero-order chi connectivity index (χ0) is 15.9. The maximum absolute atomic E-state index is 12.9. The van der Waals surface area contributed by atoms with Crippen molar-refractivity contribution in [1.29, 1.82) is 0 Å². The molecule has 0 amide bonds. The van der Waals surface area contributed by atoms with Crippen LogP contribution in [0.4, 0.5) is 4.39 Å². The van der Waals surface area contributed by atoms with E-state index in [2.05, 4.69) is 34.5 Å². The Morgan fingerprint density at radius 3 is 2.61 bits per heavy atom. The van der Waals surface area contributed by atoms with E-state index >= 15 is 0 Å². The highest BCUT2D eigenvalue weighted by molar-refractivity contribution is 14.0. The minimum Gasteiger partial charge on any atom is -0.444 e. The lowest BCUT2D eigenvalue weighted by atomic mass is 10.2. The predicted molar refractivity (Wildman–Crippen MR) is 101 cm³/mol. The molecule has 0 unspecified atom stereocenters. The van der Waals surface area contributed by atoms with Crippen LogP contribution in [0, 0.1) is 5.82 Å². The smallest absolute Gasteiger partial charge is 0.226 e. The Hall–Kier alpha value is -1.64. The topological polar surface area (TPSA) is 62.5 Å². The van der Waals surface area contributed by atoms with Crippen LogP contribution >= 0.6 is 24.0 Å². The quantitative estimate of drug-likeness (QED) is 0.433. The van der Waals surface area contributed by atoms with Gasteiger partial charge in [-0.15, -0.1) is 24.0 Å². The van der Waals surface area contributed by atoms with E-state index in [0.717, 1.165) is 17.2 Å². The van der Waals surface area contributed by atoms with Gasteiger partial charge in [-0.25, -0.2) is 9.37 Å². The fraction of sp³-hybridized carbons (Fsp3) is 0.375. The molecule has 0 radical (unpaired) electrons. The van der Waals surface area contributed by atoms with E-state index in [1.807, 2.05) is 0 Å². The van der Waals surface area contributed by atoms with Crippen molar-refractivity contribution in [3.63, 3.8) is 0 Å². The summed E-state index contributed by atoms with van der Waals surface area (Å²) in [6, 6.07) is 6.41. The van der Waals surface area contributed by atoms with Gasteiger partial charge in [-0.2, -0.15) is 0 Å². The lowest BCUT2D eigenvalue weighted by Crippen LogP contribution is -2.41. The van der Waals surface area contributed by atoms with Crippen LogP contribution in [-0.4, -0.2) is 30.6 Å². The summed E-state index contributed by atoms with van der Waals surface area (Å²) in [6.07, 6.45) is 2.34. The second-order valence-electron chi connectivity index (χ2n) is 5.20. The number of rotatable bonds is 5. The molecule has 0 saturated heterocycles. The van der Waals surface area contributed by atoms with Gasteiger partial charge in [0, 0.05) is 31.6 Å². The van der Waals surface area contributed by atoms with Crippen molar-refractivity contribution >= 4 is 29.9 Å². The minimum atomic E-state index is -0.274. The Morgan fingerprint density at radius 2 is 2.00 bits per heavy atom. The summed E-state index contributed by atoms with van der Waals surface area (Å²) in [7, 11) is 1.74. The number of halogens is 2. The molecular weight excluding hydrogens is 410 g/mol. The first-order valence-electron chi connectivity index (χ1n) is 7.26. The number of aliphatic imine (C=N–C) groups is 1.